The van der Waals surface area contributed by atoms with Gasteiger partial charge in [-0.2, -0.15) is 0 Å². The van der Waals surface area contributed by atoms with Gasteiger partial charge in [-0.05, 0) is 17.7 Å². The first-order valence-corrected chi connectivity index (χ1v) is 6.97. The lowest BCUT2D eigenvalue weighted by Crippen LogP contribution is -2.19. The van der Waals surface area contributed by atoms with Gasteiger partial charge < -0.3 is 19.4 Å². The fourth-order valence-corrected chi connectivity index (χ4v) is 2.18. The molecule has 5 heteroatoms. The van der Waals surface area contributed by atoms with E-state index < -0.39 is 0 Å². The minimum Gasteiger partial charge on any atom is -0.490 e. The number of fused-ring (bicyclic) bond motifs is 1. The van der Waals surface area contributed by atoms with Crippen LogP contribution in [0.4, 0.5) is 0 Å². The first kappa shape index (κ1) is 13.0. The molecular formula is C15H19N3O2. The van der Waals surface area contributed by atoms with Crippen molar-refractivity contribution >= 4 is 0 Å². The number of benzene rings is 1. The third-order valence-electron chi connectivity index (χ3n) is 3.25. The van der Waals surface area contributed by atoms with Gasteiger partial charge in [0.05, 0.1) is 19.5 Å². The van der Waals surface area contributed by atoms with E-state index in [-0.39, 0.29) is 0 Å². The van der Waals surface area contributed by atoms with Crippen molar-refractivity contribution in [1.29, 1.82) is 0 Å². The summed E-state index contributed by atoms with van der Waals surface area (Å²) < 4.78 is 13.4. The van der Waals surface area contributed by atoms with Crippen LogP contribution in [0.1, 0.15) is 12.0 Å². The van der Waals surface area contributed by atoms with Crippen LogP contribution in [-0.2, 0) is 13.1 Å². The summed E-state index contributed by atoms with van der Waals surface area (Å²) in [5.74, 6) is 1.71. The number of hydrogen-bond acceptors (Lipinski definition) is 4. The van der Waals surface area contributed by atoms with E-state index in [1.807, 2.05) is 18.6 Å². The summed E-state index contributed by atoms with van der Waals surface area (Å²) in [6.45, 7) is 4.11. The Hall–Kier alpha value is -2.01. The summed E-state index contributed by atoms with van der Waals surface area (Å²) >= 11 is 0. The minimum atomic E-state index is 0.727. The van der Waals surface area contributed by atoms with E-state index in [2.05, 4.69) is 27.0 Å². The molecule has 1 aliphatic heterocycles. The zero-order chi connectivity index (χ0) is 13.6. The van der Waals surface area contributed by atoms with E-state index in [0.29, 0.717) is 0 Å². The van der Waals surface area contributed by atoms with E-state index in [1.54, 1.807) is 6.20 Å². The molecule has 0 aliphatic carbocycles. The lowest BCUT2D eigenvalue weighted by atomic mass is 10.2. The molecule has 2 heterocycles. The molecule has 1 aromatic carbocycles. The lowest BCUT2D eigenvalue weighted by molar-refractivity contribution is 0.297. The van der Waals surface area contributed by atoms with Crippen molar-refractivity contribution in [3.05, 3.63) is 42.5 Å². The van der Waals surface area contributed by atoms with Gasteiger partial charge in [0.2, 0.25) is 0 Å². The molecule has 0 bridgehead atoms. The highest BCUT2D eigenvalue weighted by molar-refractivity contribution is 5.43. The SMILES string of the molecule is c1cn(CCNCc2ccc3c(c2)OCCCO3)cn1. The Kier molecular flexibility index (Phi) is 4.18. The Morgan fingerprint density at radius 3 is 2.95 bits per heavy atom. The summed E-state index contributed by atoms with van der Waals surface area (Å²) in [7, 11) is 0. The highest BCUT2D eigenvalue weighted by Crippen LogP contribution is 2.30. The molecule has 0 radical (unpaired) electrons. The number of ether oxygens (including phenoxy) is 2. The van der Waals surface area contributed by atoms with E-state index >= 15 is 0 Å². The Morgan fingerprint density at radius 2 is 2.10 bits per heavy atom. The molecule has 2 aromatic rings. The molecular weight excluding hydrogens is 254 g/mol. The summed E-state index contributed by atoms with van der Waals surface area (Å²) in [6.07, 6.45) is 6.53. The standard InChI is InChI=1S/C15H19N3O2/c1-8-19-14-3-2-13(10-15(14)20-9-1)11-16-4-6-18-7-5-17-12-18/h2-3,5,7,10,12,16H,1,4,6,8-9,11H2. The highest BCUT2D eigenvalue weighted by Gasteiger charge is 2.10. The molecule has 5 nitrogen and oxygen atoms in total. The van der Waals surface area contributed by atoms with Gasteiger partial charge in [-0.15, -0.1) is 0 Å². The highest BCUT2D eigenvalue weighted by atomic mass is 16.5. The number of imidazole rings is 1. The maximum Gasteiger partial charge on any atom is 0.161 e. The van der Waals surface area contributed by atoms with E-state index in [1.165, 1.54) is 5.56 Å². The number of rotatable bonds is 5. The molecule has 1 N–H and O–H groups in total. The van der Waals surface area contributed by atoms with Gasteiger partial charge in [-0.1, -0.05) is 6.07 Å². The zero-order valence-electron chi connectivity index (χ0n) is 11.4. The van der Waals surface area contributed by atoms with Crippen LogP contribution in [0.3, 0.4) is 0 Å². The summed E-state index contributed by atoms with van der Waals surface area (Å²) in [5.41, 5.74) is 1.21. The maximum absolute atomic E-state index is 5.69. The van der Waals surface area contributed by atoms with E-state index in [0.717, 1.165) is 50.8 Å². The van der Waals surface area contributed by atoms with E-state index in [9.17, 15) is 0 Å². The van der Waals surface area contributed by atoms with Gasteiger partial charge in [0.15, 0.2) is 11.5 Å². The van der Waals surface area contributed by atoms with Gasteiger partial charge in [0, 0.05) is 38.4 Å². The Labute approximate surface area is 118 Å². The van der Waals surface area contributed by atoms with Crippen LogP contribution >= 0.6 is 0 Å². The maximum atomic E-state index is 5.69. The van der Waals surface area contributed by atoms with Crippen LogP contribution in [0.5, 0.6) is 11.5 Å². The summed E-state index contributed by atoms with van der Waals surface area (Å²) in [6, 6.07) is 6.14. The van der Waals surface area contributed by atoms with Crippen molar-refractivity contribution in [2.45, 2.75) is 19.5 Å². The van der Waals surface area contributed by atoms with Crippen molar-refractivity contribution < 1.29 is 9.47 Å². The zero-order valence-corrected chi connectivity index (χ0v) is 11.4. The van der Waals surface area contributed by atoms with Crippen LogP contribution in [0.15, 0.2) is 36.9 Å². The molecule has 106 valence electrons. The van der Waals surface area contributed by atoms with Crippen molar-refractivity contribution in [3.63, 3.8) is 0 Å². The second kappa shape index (κ2) is 6.43. The second-order valence-corrected chi connectivity index (χ2v) is 4.81. The van der Waals surface area contributed by atoms with Crippen LogP contribution in [0.25, 0.3) is 0 Å². The Morgan fingerprint density at radius 1 is 1.20 bits per heavy atom. The molecule has 0 saturated heterocycles. The van der Waals surface area contributed by atoms with E-state index in [4.69, 9.17) is 9.47 Å². The molecule has 3 rings (SSSR count). The molecule has 20 heavy (non-hydrogen) atoms. The summed E-state index contributed by atoms with van der Waals surface area (Å²) in [5, 5.41) is 3.42. The molecule has 0 atom stereocenters. The van der Waals surface area contributed by atoms with Gasteiger partial charge in [-0.25, -0.2) is 4.98 Å². The fourth-order valence-electron chi connectivity index (χ4n) is 2.18. The lowest BCUT2D eigenvalue weighted by Gasteiger charge is -2.10. The van der Waals surface area contributed by atoms with Gasteiger partial charge in [0.1, 0.15) is 0 Å². The smallest absolute Gasteiger partial charge is 0.161 e. The molecule has 0 fully saturated rings. The molecule has 0 unspecified atom stereocenters. The van der Waals surface area contributed by atoms with Gasteiger partial charge in [-0.3, -0.25) is 0 Å². The minimum absolute atomic E-state index is 0.727. The molecule has 0 saturated carbocycles. The third-order valence-corrected chi connectivity index (χ3v) is 3.25. The monoisotopic (exact) mass is 273 g/mol. The molecule has 0 amide bonds. The molecule has 1 aliphatic rings. The van der Waals surface area contributed by atoms with Crippen molar-refractivity contribution in [2.24, 2.45) is 0 Å². The third kappa shape index (κ3) is 3.30. The fraction of sp³-hybridized carbons (Fsp3) is 0.400. The van der Waals surface area contributed by atoms with Crippen molar-refractivity contribution in [1.82, 2.24) is 14.9 Å². The number of nitrogens with one attached hydrogen (secondary N) is 1. The number of aromatic nitrogens is 2. The van der Waals surface area contributed by atoms with Crippen molar-refractivity contribution in [3.8, 4) is 11.5 Å². The normalized spacial score (nSPS) is 14.0. The Bertz CT molecular complexity index is 540. The average molecular weight is 273 g/mol. The number of hydrogen-bond donors (Lipinski definition) is 1. The quantitative estimate of drug-likeness (QED) is 0.844. The first-order chi connectivity index (χ1) is 9.92. The van der Waals surface area contributed by atoms with Crippen LogP contribution in [-0.4, -0.2) is 29.3 Å². The first-order valence-electron chi connectivity index (χ1n) is 6.97. The average Bonchev–Trinajstić information content (AvgIpc) is 2.87. The number of nitrogens with zero attached hydrogens (tertiary/aromatic N) is 2. The van der Waals surface area contributed by atoms with Crippen LogP contribution in [0.2, 0.25) is 0 Å². The predicted octanol–water partition coefficient (Wildman–Crippen LogP) is 1.83. The van der Waals surface area contributed by atoms with Crippen LogP contribution < -0.4 is 14.8 Å². The van der Waals surface area contributed by atoms with Gasteiger partial charge >= 0.3 is 0 Å². The Balaban J connectivity index is 1.51. The van der Waals surface area contributed by atoms with Gasteiger partial charge in [0.25, 0.3) is 0 Å². The largest absolute Gasteiger partial charge is 0.490 e. The molecule has 0 spiro atoms. The molecule has 1 aromatic heterocycles. The van der Waals surface area contributed by atoms with Crippen molar-refractivity contribution in [2.75, 3.05) is 19.8 Å². The van der Waals surface area contributed by atoms with Crippen LogP contribution in [0, 0.1) is 0 Å². The summed E-state index contributed by atoms with van der Waals surface area (Å²) in [4.78, 5) is 4.02. The second-order valence-electron chi connectivity index (χ2n) is 4.81. The predicted molar refractivity (Wildman–Crippen MR) is 76.0 cm³/mol. The topological polar surface area (TPSA) is 48.3 Å².